The summed E-state index contributed by atoms with van der Waals surface area (Å²) in [5.41, 5.74) is 0.668. The molecule has 150 valence electrons. The number of rotatable bonds is 5. The first-order valence-corrected chi connectivity index (χ1v) is 11.0. The number of para-hydroxylation sites is 1. The first kappa shape index (κ1) is 20.9. The quantitative estimate of drug-likeness (QED) is 0.309. The van der Waals surface area contributed by atoms with Crippen LogP contribution in [0.2, 0.25) is 5.02 Å². The summed E-state index contributed by atoms with van der Waals surface area (Å²) in [5, 5.41) is 3.61. The van der Waals surface area contributed by atoms with E-state index in [1.165, 1.54) is 18.2 Å². The van der Waals surface area contributed by atoms with Gasteiger partial charge in [-0.1, -0.05) is 35.5 Å². The Morgan fingerprint density at radius 2 is 1.57 bits per heavy atom. The van der Waals surface area contributed by atoms with E-state index >= 15 is 0 Å². The van der Waals surface area contributed by atoms with Crippen molar-refractivity contribution in [1.29, 1.82) is 0 Å². The summed E-state index contributed by atoms with van der Waals surface area (Å²) in [6, 6.07) is 20.0. The van der Waals surface area contributed by atoms with Gasteiger partial charge in [0.25, 0.3) is 11.8 Å². The summed E-state index contributed by atoms with van der Waals surface area (Å²) < 4.78 is 15.4. The van der Waals surface area contributed by atoms with Gasteiger partial charge in [0.15, 0.2) is 0 Å². The van der Waals surface area contributed by atoms with E-state index in [9.17, 15) is 14.0 Å². The molecule has 4 nitrogen and oxygen atoms in total. The summed E-state index contributed by atoms with van der Waals surface area (Å²) in [4.78, 5) is 28.1. The second-order valence-corrected chi connectivity index (χ2v) is 9.05. The largest absolute Gasteiger partial charge is 0.350 e. The molecule has 0 bridgehead atoms. The molecule has 0 atom stereocenters. The van der Waals surface area contributed by atoms with Crippen LogP contribution in [0.4, 0.5) is 15.8 Å². The van der Waals surface area contributed by atoms with E-state index in [-0.39, 0.29) is 16.3 Å². The molecule has 0 aliphatic carbocycles. The summed E-state index contributed by atoms with van der Waals surface area (Å²) >= 11 is 9.25. The Hall–Kier alpha value is -2.36. The minimum Gasteiger partial charge on any atom is -0.350 e. The molecule has 3 aromatic rings. The van der Waals surface area contributed by atoms with E-state index in [1.54, 1.807) is 30.3 Å². The van der Waals surface area contributed by atoms with Crippen LogP contribution in [0, 0.1) is 9.39 Å². The highest BCUT2D eigenvalue weighted by molar-refractivity contribution is 14.1. The average molecular weight is 551 g/mol. The van der Waals surface area contributed by atoms with Crippen LogP contribution in [-0.2, 0) is 9.59 Å². The first-order chi connectivity index (χ1) is 14.4. The average Bonchev–Trinajstić information content (AvgIpc) is 2.96. The number of halogens is 3. The van der Waals surface area contributed by atoms with Crippen LogP contribution in [-0.4, -0.2) is 11.8 Å². The topological polar surface area (TPSA) is 49.4 Å². The summed E-state index contributed by atoms with van der Waals surface area (Å²) in [6.45, 7) is 0. The predicted octanol–water partition coefficient (Wildman–Crippen LogP) is 6.07. The standard InChI is InChI=1S/C22H13ClFIN2O2S/c23-13-5-11-16(12-6-13)30-20-19(26-15-9-7-14(25)8-10-15)21(28)27(22(20)29)18-4-2-1-3-17(18)24/h1-12,26H. The van der Waals surface area contributed by atoms with Crippen LogP contribution in [0.25, 0.3) is 0 Å². The molecule has 0 aromatic heterocycles. The maximum Gasteiger partial charge on any atom is 0.283 e. The van der Waals surface area contributed by atoms with Gasteiger partial charge in [-0.05, 0) is 83.3 Å². The zero-order valence-electron chi connectivity index (χ0n) is 15.2. The van der Waals surface area contributed by atoms with E-state index < -0.39 is 17.6 Å². The molecule has 4 rings (SSSR count). The third kappa shape index (κ3) is 4.23. The Balaban J connectivity index is 1.75. The van der Waals surface area contributed by atoms with Gasteiger partial charge in [-0.2, -0.15) is 0 Å². The number of hydrogen-bond acceptors (Lipinski definition) is 4. The highest BCUT2D eigenvalue weighted by Gasteiger charge is 2.41. The molecule has 0 unspecified atom stereocenters. The van der Waals surface area contributed by atoms with Gasteiger partial charge in [-0.3, -0.25) is 9.59 Å². The first-order valence-electron chi connectivity index (χ1n) is 8.77. The number of carbonyl (C=O) groups is 2. The highest BCUT2D eigenvalue weighted by Crippen LogP contribution is 2.38. The maximum atomic E-state index is 14.4. The molecular formula is C22H13ClFIN2O2S. The van der Waals surface area contributed by atoms with Crippen molar-refractivity contribution in [2.24, 2.45) is 0 Å². The van der Waals surface area contributed by atoms with Crippen LogP contribution >= 0.6 is 46.0 Å². The molecule has 8 heteroatoms. The fourth-order valence-corrected chi connectivity index (χ4v) is 4.28. The van der Waals surface area contributed by atoms with E-state index in [2.05, 4.69) is 27.9 Å². The summed E-state index contributed by atoms with van der Waals surface area (Å²) in [7, 11) is 0. The summed E-state index contributed by atoms with van der Waals surface area (Å²) in [5.74, 6) is -1.84. The van der Waals surface area contributed by atoms with Crippen LogP contribution < -0.4 is 10.2 Å². The minimum atomic E-state index is -0.648. The Labute approximate surface area is 195 Å². The lowest BCUT2D eigenvalue weighted by Gasteiger charge is -2.16. The van der Waals surface area contributed by atoms with Crippen molar-refractivity contribution >= 4 is 69.1 Å². The second-order valence-electron chi connectivity index (χ2n) is 6.29. The maximum absolute atomic E-state index is 14.4. The zero-order valence-corrected chi connectivity index (χ0v) is 19.0. The number of anilines is 2. The lowest BCUT2D eigenvalue weighted by atomic mass is 10.2. The number of benzene rings is 3. The van der Waals surface area contributed by atoms with Crippen molar-refractivity contribution in [3.63, 3.8) is 0 Å². The molecule has 0 radical (unpaired) electrons. The third-order valence-corrected chi connectivity index (χ3v) is 6.34. The molecule has 0 fully saturated rings. The zero-order chi connectivity index (χ0) is 21.3. The van der Waals surface area contributed by atoms with Gasteiger partial charge in [-0.15, -0.1) is 0 Å². The van der Waals surface area contributed by atoms with Crippen molar-refractivity contribution in [2.75, 3.05) is 10.2 Å². The number of nitrogens with one attached hydrogen (secondary N) is 1. The molecule has 0 saturated heterocycles. The van der Waals surface area contributed by atoms with Crippen LogP contribution in [0.5, 0.6) is 0 Å². The number of thioether (sulfide) groups is 1. The van der Waals surface area contributed by atoms with E-state index in [1.807, 2.05) is 24.3 Å². The third-order valence-electron chi connectivity index (χ3n) is 4.28. The van der Waals surface area contributed by atoms with Gasteiger partial charge in [0.2, 0.25) is 0 Å². The van der Waals surface area contributed by atoms with Crippen LogP contribution in [0.15, 0.2) is 88.3 Å². The fourth-order valence-electron chi connectivity index (χ4n) is 2.86. The van der Waals surface area contributed by atoms with Gasteiger partial charge in [0.05, 0.1) is 5.69 Å². The van der Waals surface area contributed by atoms with Crippen molar-refractivity contribution in [2.45, 2.75) is 4.90 Å². The van der Waals surface area contributed by atoms with Crippen LogP contribution in [0.1, 0.15) is 0 Å². The number of nitrogens with zero attached hydrogens (tertiary/aromatic N) is 1. The second kappa shape index (κ2) is 8.79. The van der Waals surface area contributed by atoms with Crippen LogP contribution in [0.3, 0.4) is 0 Å². The number of hydrogen-bond donors (Lipinski definition) is 1. The van der Waals surface area contributed by atoms with Crippen molar-refractivity contribution < 1.29 is 14.0 Å². The molecule has 3 aromatic carbocycles. The molecule has 1 aliphatic heterocycles. The Bertz CT molecular complexity index is 1100. The Morgan fingerprint density at radius 1 is 0.900 bits per heavy atom. The van der Waals surface area contributed by atoms with Crippen molar-refractivity contribution in [3.05, 3.63) is 97.8 Å². The molecule has 2 amide bonds. The van der Waals surface area contributed by atoms with Crippen molar-refractivity contribution in [1.82, 2.24) is 0 Å². The Morgan fingerprint density at radius 3 is 2.23 bits per heavy atom. The molecular weight excluding hydrogens is 538 g/mol. The number of imide groups is 1. The normalized spacial score (nSPS) is 13.9. The van der Waals surface area contributed by atoms with Gasteiger partial charge in [0, 0.05) is 19.2 Å². The predicted molar refractivity (Wildman–Crippen MR) is 126 cm³/mol. The van der Waals surface area contributed by atoms with E-state index in [0.717, 1.165) is 25.1 Å². The molecule has 1 N–H and O–H groups in total. The van der Waals surface area contributed by atoms with E-state index in [4.69, 9.17) is 11.6 Å². The molecule has 30 heavy (non-hydrogen) atoms. The number of amides is 2. The minimum absolute atomic E-state index is 0.0823. The van der Waals surface area contributed by atoms with Gasteiger partial charge in [-0.25, -0.2) is 9.29 Å². The Kier molecular flexibility index (Phi) is 6.12. The SMILES string of the molecule is O=C1C(Nc2ccc(I)cc2)=C(Sc2ccc(Cl)cc2)C(=O)N1c1ccccc1F. The van der Waals surface area contributed by atoms with Crippen molar-refractivity contribution in [3.8, 4) is 0 Å². The molecule has 0 saturated carbocycles. The lowest BCUT2D eigenvalue weighted by molar-refractivity contribution is -0.120. The highest BCUT2D eigenvalue weighted by atomic mass is 127. The molecule has 1 heterocycles. The summed E-state index contributed by atoms with van der Waals surface area (Å²) in [6.07, 6.45) is 0. The van der Waals surface area contributed by atoms with E-state index in [0.29, 0.717) is 10.7 Å². The molecule has 0 spiro atoms. The monoisotopic (exact) mass is 550 g/mol. The lowest BCUT2D eigenvalue weighted by Crippen LogP contribution is -2.33. The van der Waals surface area contributed by atoms with Gasteiger partial charge < -0.3 is 5.32 Å². The van der Waals surface area contributed by atoms with Gasteiger partial charge >= 0.3 is 0 Å². The number of carbonyl (C=O) groups excluding carboxylic acids is 2. The molecule has 1 aliphatic rings. The fraction of sp³-hybridized carbons (Fsp3) is 0. The smallest absolute Gasteiger partial charge is 0.283 e. The van der Waals surface area contributed by atoms with Gasteiger partial charge in [0.1, 0.15) is 16.4 Å².